The highest BCUT2D eigenvalue weighted by atomic mass is 19.1. The molecule has 1 spiro atoms. The number of carbonyl (C=O) groups is 1. The van der Waals surface area contributed by atoms with Crippen molar-refractivity contribution in [1.29, 1.82) is 0 Å². The highest BCUT2D eigenvalue weighted by Crippen LogP contribution is 2.44. The van der Waals surface area contributed by atoms with Gasteiger partial charge in [-0.2, -0.15) is 0 Å². The van der Waals surface area contributed by atoms with Crippen LogP contribution in [0.4, 0.5) is 15.9 Å². The van der Waals surface area contributed by atoms with E-state index in [2.05, 4.69) is 22.0 Å². The Balaban J connectivity index is 1.16. The number of rotatable bonds is 5. The fourth-order valence-corrected chi connectivity index (χ4v) is 7.44. The standard InChI is InChI=1S/C36H37FN8O/c1-23(46)43-19-16-35(17-20-43)21-44(22-35)30-7-2-5-26(31(30)37)28-12-13-29-34(41-28)45(33(42-29)27-6-3-18-40-32(27)38)25-10-8-24(9-11-25)36(39)14-4-15-36/h2-3,5-13,18H,4,14-17,19-22,39H2,1H3,(H2,38,40). The van der Waals surface area contributed by atoms with Crippen LogP contribution in [0.25, 0.3) is 39.5 Å². The summed E-state index contributed by atoms with van der Waals surface area (Å²) in [5.41, 5.74) is 18.3. The number of imidazole rings is 1. The molecule has 0 radical (unpaired) electrons. The van der Waals surface area contributed by atoms with Gasteiger partial charge in [-0.3, -0.25) is 9.36 Å². The van der Waals surface area contributed by atoms with E-state index in [0.29, 0.717) is 45.3 Å². The lowest BCUT2D eigenvalue weighted by molar-refractivity contribution is -0.131. The first-order valence-electron chi connectivity index (χ1n) is 16.0. The summed E-state index contributed by atoms with van der Waals surface area (Å²) in [6.07, 6.45) is 6.64. The molecule has 1 aliphatic carbocycles. The zero-order valence-electron chi connectivity index (χ0n) is 25.9. The Hall–Kier alpha value is -4.83. The molecule has 3 aliphatic rings. The second-order valence-electron chi connectivity index (χ2n) is 13.3. The summed E-state index contributed by atoms with van der Waals surface area (Å²) in [5.74, 6) is 0.817. The average Bonchev–Trinajstić information content (AvgIpc) is 3.41. The van der Waals surface area contributed by atoms with Crippen LogP contribution < -0.4 is 16.4 Å². The Labute approximate surface area is 267 Å². The van der Waals surface area contributed by atoms with Crippen molar-refractivity contribution in [2.75, 3.05) is 36.8 Å². The summed E-state index contributed by atoms with van der Waals surface area (Å²) in [5, 5.41) is 0. The number of nitrogens with zero attached hydrogens (tertiary/aromatic N) is 6. The molecule has 1 saturated carbocycles. The van der Waals surface area contributed by atoms with Crippen LogP contribution in [0, 0.1) is 11.2 Å². The second-order valence-corrected chi connectivity index (χ2v) is 13.3. The first-order chi connectivity index (χ1) is 22.2. The largest absolute Gasteiger partial charge is 0.383 e. The Morgan fingerprint density at radius 1 is 0.891 bits per heavy atom. The van der Waals surface area contributed by atoms with E-state index in [9.17, 15) is 4.79 Å². The first-order valence-corrected chi connectivity index (χ1v) is 16.0. The van der Waals surface area contributed by atoms with Gasteiger partial charge in [-0.1, -0.05) is 18.2 Å². The quantitative estimate of drug-likeness (QED) is 0.262. The molecule has 0 bridgehead atoms. The van der Waals surface area contributed by atoms with Crippen molar-refractivity contribution in [2.45, 2.75) is 44.6 Å². The lowest BCUT2D eigenvalue weighted by atomic mass is 9.71. The van der Waals surface area contributed by atoms with Gasteiger partial charge in [-0.05, 0) is 86.2 Å². The lowest BCUT2D eigenvalue weighted by Gasteiger charge is -2.55. The number of pyridine rings is 2. The van der Waals surface area contributed by atoms with Crippen molar-refractivity contribution < 1.29 is 9.18 Å². The Bertz CT molecular complexity index is 1970. The SMILES string of the molecule is CC(=O)N1CCC2(CC1)CN(c1cccc(-c3ccc4nc(-c5cccnc5N)n(-c5ccc(C6(N)CCC6)cc5)c4n3)c1F)C2. The molecule has 8 rings (SSSR count). The smallest absolute Gasteiger partial charge is 0.219 e. The Kier molecular flexibility index (Phi) is 6.61. The molecule has 0 atom stereocenters. The number of nitrogens with two attached hydrogens (primary N) is 2. The molecular formula is C36H37FN8O. The van der Waals surface area contributed by atoms with Crippen molar-refractivity contribution in [3.63, 3.8) is 0 Å². The number of aromatic nitrogens is 4. The summed E-state index contributed by atoms with van der Waals surface area (Å²) in [4.78, 5) is 30.1. The van der Waals surface area contributed by atoms with Crippen molar-refractivity contribution in [2.24, 2.45) is 11.1 Å². The van der Waals surface area contributed by atoms with Crippen LogP contribution in [-0.2, 0) is 10.3 Å². The van der Waals surface area contributed by atoms with E-state index < -0.39 is 0 Å². The van der Waals surface area contributed by atoms with Gasteiger partial charge in [0, 0.05) is 61.5 Å². The fraction of sp³-hybridized carbons (Fsp3) is 0.333. The number of benzene rings is 2. The molecule has 234 valence electrons. The molecule has 2 aliphatic heterocycles. The Morgan fingerprint density at radius 3 is 2.30 bits per heavy atom. The molecule has 3 fully saturated rings. The van der Waals surface area contributed by atoms with Crippen LogP contribution in [0.2, 0.25) is 0 Å². The average molecular weight is 617 g/mol. The normalized spacial score (nSPS) is 18.4. The van der Waals surface area contributed by atoms with Gasteiger partial charge in [0.25, 0.3) is 0 Å². The number of hydrogen-bond donors (Lipinski definition) is 2. The van der Waals surface area contributed by atoms with Crippen LogP contribution in [0.5, 0.6) is 0 Å². The van der Waals surface area contributed by atoms with Crippen LogP contribution in [0.15, 0.2) is 72.9 Å². The van der Waals surface area contributed by atoms with Gasteiger partial charge in [-0.15, -0.1) is 0 Å². The molecule has 5 heterocycles. The minimum atomic E-state index is -0.286. The maximum absolute atomic E-state index is 16.3. The molecule has 5 aromatic rings. The van der Waals surface area contributed by atoms with Crippen LogP contribution in [0.3, 0.4) is 0 Å². The fourth-order valence-electron chi connectivity index (χ4n) is 7.44. The van der Waals surface area contributed by atoms with E-state index in [1.54, 1.807) is 19.2 Å². The zero-order chi connectivity index (χ0) is 31.6. The third-order valence-corrected chi connectivity index (χ3v) is 10.4. The number of carbonyl (C=O) groups excluding carboxylic acids is 1. The summed E-state index contributed by atoms with van der Waals surface area (Å²) < 4.78 is 18.3. The van der Waals surface area contributed by atoms with Crippen molar-refractivity contribution >= 4 is 28.6 Å². The van der Waals surface area contributed by atoms with Crippen molar-refractivity contribution in [1.82, 2.24) is 24.4 Å². The molecule has 1 amide bonds. The minimum absolute atomic E-state index is 0.126. The molecule has 46 heavy (non-hydrogen) atoms. The molecule has 10 heteroatoms. The number of amides is 1. The molecule has 4 N–H and O–H groups in total. The number of nitrogen functional groups attached to an aromatic ring is 1. The predicted octanol–water partition coefficient (Wildman–Crippen LogP) is 5.66. The molecule has 9 nitrogen and oxygen atoms in total. The van der Waals surface area contributed by atoms with E-state index >= 15 is 4.39 Å². The van der Waals surface area contributed by atoms with Gasteiger partial charge in [0.2, 0.25) is 5.91 Å². The maximum atomic E-state index is 16.3. The molecule has 2 saturated heterocycles. The first kappa shape index (κ1) is 28.6. The van der Waals surface area contributed by atoms with Crippen molar-refractivity contribution in [3.05, 3.63) is 84.3 Å². The summed E-state index contributed by atoms with van der Waals surface area (Å²) in [7, 11) is 0. The van der Waals surface area contributed by atoms with E-state index in [1.807, 2.05) is 58.0 Å². The number of likely N-dealkylation sites (tertiary alicyclic amines) is 1. The lowest BCUT2D eigenvalue weighted by Crippen LogP contribution is -2.61. The van der Waals surface area contributed by atoms with Gasteiger partial charge in [-0.25, -0.2) is 19.3 Å². The monoisotopic (exact) mass is 616 g/mol. The third kappa shape index (κ3) is 4.62. The number of anilines is 2. The zero-order valence-corrected chi connectivity index (χ0v) is 25.9. The number of piperidine rings is 1. The topological polar surface area (TPSA) is 119 Å². The van der Waals surface area contributed by atoms with Crippen LogP contribution in [-0.4, -0.2) is 56.5 Å². The highest BCUT2D eigenvalue weighted by molar-refractivity contribution is 5.85. The predicted molar refractivity (Wildman–Crippen MR) is 178 cm³/mol. The molecule has 2 aromatic carbocycles. The van der Waals surface area contributed by atoms with Gasteiger partial charge in [0.1, 0.15) is 11.3 Å². The second kappa shape index (κ2) is 10.6. The number of hydrogen-bond acceptors (Lipinski definition) is 7. The highest BCUT2D eigenvalue weighted by Gasteiger charge is 2.46. The van der Waals surface area contributed by atoms with E-state index in [-0.39, 0.29) is 22.7 Å². The number of halogens is 1. The van der Waals surface area contributed by atoms with Gasteiger partial charge in [0.15, 0.2) is 17.3 Å². The van der Waals surface area contributed by atoms with E-state index in [1.165, 1.54) is 0 Å². The minimum Gasteiger partial charge on any atom is -0.383 e. The number of fused-ring (bicyclic) bond motifs is 1. The van der Waals surface area contributed by atoms with E-state index in [4.69, 9.17) is 21.4 Å². The van der Waals surface area contributed by atoms with E-state index in [0.717, 1.165) is 69.5 Å². The van der Waals surface area contributed by atoms with Gasteiger partial charge >= 0.3 is 0 Å². The summed E-state index contributed by atoms with van der Waals surface area (Å²) >= 11 is 0. The molecule has 0 unspecified atom stereocenters. The van der Waals surface area contributed by atoms with Gasteiger partial charge < -0.3 is 21.3 Å². The molecular weight excluding hydrogens is 579 g/mol. The third-order valence-electron chi connectivity index (χ3n) is 10.4. The van der Waals surface area contributed by atoms with Crippen LogP contribution >= 0.6 is 0 Å². The Morgan fingerprint density at radius 2 is 1.63 bits per heavy atom. The van der Waals surface area contributed by atoms with Crippen LogP contribution in [0.1, 0.15) is 44.6 Å². The maximum Gasteiger partial charge on any atom is 0.219 e. The summed E-state index contributed by atoms with van der Waals surface area (Å²) in [6.45, 7) is 4.74. The summed E-state index contributed by atoms with van der Waals surface area (Å²) in [6, 6.07) is 21.2. The van der Waals surface area contributed by atoms with Gasteiger partial charge in [0.05, 0.1) is 16.9 Å². The molecule has 3 aromatic heterocycles. The van der Waals surface area contributed by atoms with Crippen molar-refractivity contribution in [3.8, 4) is 28.3 Å².